The molecule has 1 atom stereocenters. The van der Waals surface area contributed by atoms with Gasteiger partial charge in [0, 0.05) is 25.6 Å². The molecule has 1 aromatic carbocycles. The second kappa shape index (κ2) is 10.9. The number of alkyl halides is 2. The fourth-order valence-electron chi connectivity index (χ4n) is 3.16. The fraction of sp³-hybridized carbons (Fsp3) is 0.600. The first-order valence-corrected chi connectivity index (χ1v) is 9.64. The van der Waals surface area contributed by atoms with Crippen LogP contribution in [0.5, 0.6) is 5.75 Å². The zero-order valence-corrected chi connectivity index (χ0v) is 16.4. The summed E-state index contributed by atoms with van der Waals surface area (Å²) in [6.45, 7) is 3.81. The minimum absolute atomic E-state index is 0.0264. The van der Waals surface area contributed by atoms with Gasteiger partial charge in [-0.05, 0) is 43.0 Å². The summed E-state index contributed by atoms with van der Waals surface area (Å²) in [4.78, 5) is 26.0. The monoisotopic (exact) mass is 397 g/mol. The van der Waals surface area contributed by atoms with Crippen molar-refractivity contribution in [1.82, 2.24) is 15.5 Å². The predicted octanol–water partition coefficient (Wildman–Crippen LogP) is 2.39. The molecule has 2 rings (SSSR count). The van der Waals surface area contributed by atoms with Crippen molar-refractivity contribution in [1.29, 1.82) is 0 Å². The second-order valence-electron chi connectivity index (χ2n) is 7.44. The summed E-state index contributed by atoms with van der Waals surface area (Å²) in [5.41, 5.74) is 0.808. The molecular formula is C20H29F2N3O3. The van der Waals surface area contributed by atoms with Crippen LogP contribution in [-0.4, -0.2) is 49.5 Å². The third-order valence-electron chi connectivity index (χ3n) is 4.70. The molecule has 1 fully saturated rings. The van der Waals surface area contributed by atoms with E-state index >= 15 is 0 Å². The van der Waals surface area contributed by atoms with Crippen LogP contribution in [0, 0.1) is 11.8 Å². The molecule has 1 unspecified atom stereocenters. The van der Waals surface area contributed by atoms with Gasteiger partial charge in [-0.3, -0.25) is 14.5 Å². The van der Waals surface area contributed by atoms with Gasteiger partial charge in [0.1, 0.15) is 5.75 Å². The number of carbonyl (C=O) groups excluding carboxylic acids is 2. The number of carbonyl (C=O) groups is 2. The molecule has 0 aliphatic carbocycles. The molecule has 28 heavy (non-hydrogen) atoms. The number of benzene rings is 1. The number of halogens is 2. The number of hydrogen-bond donors (Lipinski definition) is 2. The SMILES string of the molecule is CC(C)C(=O)NCC1CCCN(CC(=O)NCc2ccc(OC(F)F)cc2)C1. The van der Waals surface area contributed by atoms with Crippen molar-refractivity contribution in [3.63, 3.8) is 0 Å². The van der Waals surface area contributed by atoms with Crippen molar-refractivity contribution in [2.45, 2.75) is 39.8 Å². The van der Waals surface area contributed by atoms with E-state index in [2.05, 4.69) is 20.3 Å². The van der Waals surface area contributed by atoms with Gasteiger partial charge >= 0.3 is 6.61 Å². The van der Waals surface area contributed by atoms with Gasteiger partial charge < -0.3 is 15.4 Å². The van der Waals surface area contributed by atoms with Crippen LogP contribution in [0.4, 0.5) is 8.78 Å². The lowest BCUT2D eigenvalue weighted by molar-refractivity contribution is -0.125. The lowest BCUT2D eigenvalue weighted by Crippen LogP contribution is -2.45. The zero-order valence-electron chi connectivity index (χ0n) is 16.4. The third-order valence-corrected chi connectivity index (χ3v) is 4.70. The molecule has 0 spiro atoms. The average molecular weight is 397 g/mol. The molecule has 2 amide bonds. The van der Waals surface area contributed by atoms with Crippen LogP contribution in [0.15, 0.2) is 24.3 Å². The molecule has 6 nitrogen and oxygen atoms in total. The van der Waals surface area contributed by atoms with E-state index in [-0.39, 0.29) is 23.5 Å². The Morgan fingerprint density at radius 1 is 1.21 bits per heavy atom. The van der Waals surface area contributed by atoms with E-state index in [4.69, 9.17) is 0 Å². The van der Waals surface area contributed by atoms with Gasteiger partial charge in [-0.15, -0.1) is 0 Å². The van der Waals surface area contributed by atoms with Crippen LogP contribution in [0.25, 0.3) is 0 Å². The van der Waals surface area contributed by atoms with Crippen molar-refractivity contribution in [2.24, 2.45) is 11.8 Å². The van der Waals surface area contributed by atoms with Gasteiger partial charge in [-0.1, -0.05) is 26.0 Å². The summed E-state index contributed by atoms with van der Waals surface area (Å²) in [5, 5.41) is 5.81. The maximum atomic E-state index is 12.2. The molecule has 2 N–H and O–H groups in total. The van der Waals surface area contributed by atoms with Gasteiger partial charge in [-0.2, -0.15) is 8.78 Å². The van der Waals surface area contributed by atoms with Crippen LogP contribution >= 0.6 is 0 Å². The number of nitrogens with one attached hydrogen (secondary N) is 2. The van der Waals surface area contributed by atoms with Crippen molar-refractivity contribution in [3.8, 4) is 5.75 Å². The van der Waals surface area contributed by atoms with Gasteiger partial charge in [0.05, 0.1) is 6.54 Å². The lowest BCUT2D eigenvalue weighted by Gasteiger charge is -2.32. The highest BCUT2D eigenvalue weighted by Gasteiger charge is 2.22. The number of piperidine rings is 1. The largest absolute Gasteiger partial charge is 0.435 e. The summed E-state index contributed by atoms with van der Waals surface area (Å²) in [5.74, 6) is 0.390. The highest BCUT2D eigenvalue weighted by Crippen LogP contribution is 2.16. The van der Waals surface area contributed by atoms with Crippen molar-refractivity contribution in [3.05, 3.63) is 29.8 Å². The first kappa shape index (κ1) is 22.1. The van der Waals surface area contributed by atoms with Gasteiger partial charge in [0.2, 0.25) is 11.8 Å². The Balaban J connectivity index is 1.71. The van der Waals surface area contributed by atoms with Crippen LogP contribution in [0.3, 0.4) is 0 Å². The Bertz CT molecular complexity index is 638. The molecular weight excluding hydrogens is 368 g/mol. The Morgan fingerprint density at radius 2 is 1.93 bits per heavy atom. The average Bonchev–Trinajstić information content (AvgIpc) is 2.65. The smallest absolute Gasteiger partial charge is 0.387 e. The number of hydrogen-bond acceptors (Lipinski definition) is 4. The third kappa shape index (κ3) is 7.80. The molecule has 1 heterocycles. The Hall–Kier alpha value is -2.22. The van der Waals surface area contributed by atoms with E-state index in [1.807, 2.05) is 13.8 Å². The van der Waals surface area contributed by atoms with Crippen LogP contribution in [0.1, 0.15) is 32.3 Å². The van der Waals surface area contributed by atoms with Gasteiger partial charge in [0.25, 0.3) is 0 Å². The summed E-state index contributed by atoms with van der Waals surface area (Å²) >= 11 is 0. The summed E-state index contributed by atoms with van der Waals surface area (Å²) < 4.78 is 28.6. The molecule has 1 aromatic rings. The van der Waals surface area contributed by atoms with Gasteiger partial charge in [-0.25, -0.2) is 0 Å². The Morgan fingerprint density at radius 3 is 2.57 bits per heavy atom. The summed E-state index contributed by atoms with van der Waals surface area (Å²) in [6, 6.07) is 6.20. The Labute approximate surface area is 164 Å². The van der Waals surface area contributed by atoms with E-state index < -0.39 is 6.61 Å². The topological polar surface area (TPSA) is 70.7 Å². The molecule has 0 aromatic heterocycles. The van der Waals surface area contributed by atoms with E-state index in [9.17, 15) is 18.4 Å². The normalized spacial score (nSPS) is 17.6. The molecule has 1 saturated heterocycles. The standard InChI is InChI=1S/C20H29F2N3O3/c1-14(2)19(27)24-11-16-4-3-9-25(12-16)13-18(26)23-10-15-5-7-17(8-6-15)28-20(21)22/h5-8,14,16,20H,3-4,9-13H2,1-2H3,(H,23,26)(H,24,27). The van der Waals surface area contributed by atoms with Crippen LogP contribution in [-0.2, 0) is 16.1 Å². The molecule has 0 saturated carbocycles. The molecule has 0 bridgehead atoms. The molecule has 8 heteroatoms. The van der Waals surface area contributed by atoms with E-state index in [0.717, 1.165) is 31.5 Å². The van der Waals surface area contributed by atoms with Crippen LogP contribution < -0.4 is 15.4 Å². The fourth-order valence-corrected chi connectivity index (χ4v) is 3.16. The second-order valence-corrected chi connectivity index (χ2v) is 7.44. The van der Waals surface area contributed by atoms with E-state index in [1.54, 1.807) is 12.1 Å². The number of ether oxygens (including phenoxy) is 1. The van der Waals surface area contributed by atoms with E-state index in [1.165, 1.54) is 12.1 Å². The number of likely N-dealkylation sites (tertiary alicyclic amines) is 1. The molecule has 156 valence electrons. The lowest BCUT2D eigenvalue weighted by atomic mass is 9.97. The summed E-state index contributed by atoms with van der Waals surface area (Å²) in [7, 11) is 0. The number of rotatable bonds is 9. The van der Waals surface area contributed by atoms with Crippen molar-refractivity contribution < 1.29 is 23.1 Å². The Kier molecular flexibility index (Phi) is 8.63. The number of amides is 2. The highest BCUT2D eigenvalue weighted by atomic mass is 19.3. The maximum absolute atomic E-state index is 12.2. The quantitative estimate of drug-likeness (QED) is 0.671. The molecule has 1 aliphatic rings. The first-order chi connectivity index (χ1) is 13.3. The highest BCUT2D eigenvalue weighted by molar-refractivity contribution is 5.78. The first-order valence-electron chi connectivity index (χ1n) is 9.64. The van der Waals surface area contributed by atoms with Gasteiger partial charge in [0.15, 0.2) is 0 Å². The van der Waals surface area contributed by atoms with E-state index in [0.29, 0.717) is 25.6 Å². The minimum atomic E-state index is -2.85. The number of nitrogens with zero attached hydrogens (tertiary/aromatic N) is 1. The van der Waals surface area contributed by atoms with Crippen molar-refractivity contribution >= 4 is 11.8 Å². The molecule has 0 radical (unpaired) electrons. The summed E-state index contributed by atoms with van der Waals surface area (Å²) in [6.07, 6.45) is 2.05. The zero-order chi connectivity index (χ0) is 20.5. The predicted molar refractivity (Wildman–Crippen MR) is 102 cm³/mol. The molecule has 1 aliphatic heterocycles. The maximum Gasteiger partial charge on any atom is 0.387 e. The minimum Gasteiger partial charge on any atom is -0.435 e. The van der Waals surface area contributed by atoms with Crippen molar-refractivity contribution in [2.75, 3.05) is 26.2 Å². The van der Waals surface area contributed by atoms with Crippen LogP contribution in [0.2, 0.25) is 0 Å².